The molecule has 0 saturated carbocycles. The van der Waals surface area contributed by atoms with Crippen molar-refractivity contribution < 1.29 is 0 Å². The zero-order valence-electron chi connectivity index (χ0n) is 10.8. The van der Waals surface area contributed by atoms with Gasteiger partial charge in [-0.05, 0) is 73.1 Å². The van der Waals surface area contributed by atoms with Crippen LogP contribution in [0.4, 0.5) is 0 Å². The Hall–Kier alpha value is 0.1000. The molecule has 2 nitrogen and oxygen atoms in total. The van der Waals surface area contributed by atoms with Gasteiger partial charge in [-0.2, -0.15) is 0 Å². The largest absolute Gasteiger partial charge is 0.327 e. The topological polar surface area (TPSA) is 29.3 Å². The van der Waals surface area contributed by atoms with Crippen LogP contribution in [0.15, 0.2) is 15.9 Å². The molecule has 0 amide bonds. The van der Waals surface area contributed by atoms with Gasteiger partial charge < -0.3 is 10.6 Å². The maximum absolute atomic E-state index is 6.46. The maximum atomic E-state index is 6.46. The molecule has 3 unspecified atom stereocenters. The molecule has 1 aromatic heterocycles. The zero-order valence-corrected chi connectivity index (χ0v) is 13.2. The van der Waals surface area contributed by atoms with E-state index < -0.39 is 0 Å². The first kappa shape index (κ1) is 13.1. The van der Waals surface area contributed by atoms with Crippen molar-refractivity contribution in [3.8, 4) is 0 Å². The van der Waals surface area contributed by atoms with Crippen molar-refractivity contribution in [2.24, 2.45) is 11.7 Å². The van der Waals surface area contributed by atoms with Gasteiger partial charge in [0.1, 0.15) is 0 Å². The Labute approximate surface area is 122 Å². The number of fused-ring (bicyclic) bond motifs is 2. The van der Waals surface area contributed by atoms with Gasteiger partial charge in [-0.25, -0.2) is 0 Å². The van der Waals surface area contributed by atoms with Crippen LogP contribution in [0, 0.1) is 5.92 Å². The fourth-order valence-corrected chi connectivity index (χ4v) is 5.22. The minimum absolute atomic E-state index is 0.340. The van der Waals surface area contributed by atoms with Gasteiger partial charge in [0, 0.05) is 23.0 Å². The summed E-state index contributed by atoms with van der Waals surface area (Å²) in [4.78, 5) is 4.01. The van der Waals surface area contributed by atoms with Crippen LogP contribution in [-0.2, 0) is 6.42 Å². The molecule has 18 heavy (non-hydrogen) atoms. The van der Waals surface area contributed by atoms with E-state index in [2.05, 4.69) is 40.0 Å². The van der Waals surface area contributed by atoms with Gasteiger partial charge >= 0.3 is 0 Å². The van der Waals surface area contributed by atoms with Crippen LogP contribution < -0.4 is 5.73 Å². The average molecular weight is 329 g/mol. The number of hydrogen-bond donors (Lipinski definition) is 1. The van der Waals surface area contributed by atoms with Crippen LogP contribution in [0.2, 0.25) is 0 Å². The first-order chi connectivity index (χ1) is 8.63. The minimum atomic E-state index is 0.340. The fraction of sp³-hybridized carbons (Fsp3) is 0.714. The first-order valence-electron chi connectivity index (χ1n) is 6.85. The molecule has 0 aliphatic carbocycles. The van der Waals surface area contributed by atoms with Gasteiger partial charge in [0.05, 0.1) is 3.79 Å². The molecular formula is C14H21BrN2S. The summed E-state index contributed by atoms with van der Waals surface area (Å²) in [6.07, 6.45) is 6.43. The molecule has 3 heterocycles. The van der Waals surface area contributed by atoms with E-state index in [0.29, 0.717) is 6.04 Å². The van der Waals surface area contributed by atoms with E-state index in [1.165, 1.54) is 34.3 Å². The number of rotatable bonds is 3. The third-order valence-corrected chi connectivity index (χ3v) is 6.45. The number of piperidine rings is 1. The van der Waals surface area contributed by atoms with Gasteiger partial charge in [-0.15, -0.1) is 11.3 Å². The Kier molecular flexibility index (Phi) is 3.81. The van der Waals surface area contributed by atoms with Crippen molar-refractivity contribution >= 4 is 27.3 Å². The van der Waals surface area contributed by atoms with Crippen LogP contribution in [-0.4, -0.2) is 30.1 Å². The van der Waals surface area contributed by atoms with Gasteiger partial charge in [-0.1, -0.05) is 0 Å². The van der Waals surface area contributed by atoms with E-state index in [1.54, 1.807) is 0 Å². The molecule has 2 N–H and O–H groups in total. The van der Waals surface area contributed by atoms with Gasteiger partial charge in [0.15, 0.2) is 0 Å². The number of nitrogens with two attached hydrogens (primary N) is 1. The van der Waals surface area contributed by atoms with Crippen molar-refractivity contribution in [2.45, 2.75) is 50.2 Å². The molecule has 2 aliphatic heterocycles. The van der Waals surface area contributed by atoms with Crippen LogP contribution in [0.5, 0.6) is 0 Å². The number of halogens is 1. The molecule has 3 atom stereocenters. The summed E-state index contributed by atoms with van der Waals surface area (Å²) in [6.45, 7) is 0. The van der Waals surface area contributed by atoms with Crippen LogP contribution in [0.3, 0.4) is 0 Å². The van der Waals surface area contributed by atoms with Gasteiger partial charge in [0.25, 0.3) is 0 Å². The van der Waals surface area contributed by atoms with Crippen molar-refractivity contribution in [3.05, 3.63) is 20.8 Å². The highest BCUT2D eigenvalue weighted by Crippen LogP contribution is 2.39. The molecule has 0 spiro atoms. The van der Waals surface area contributed by atoms with Crippen molar-refractivity contribution in [1.82, 2.24) is 4.90 Å². The third kappa shape index (κ3) is 2.53. The van der Waals surface area contributed by atoms with E-state index in [-0.39, 0.29) is 0 Å². The standard InChI is InChI=1S/C14H21BrN2S/c1-17-10-2-3-11(17)7-9(6-10)13(16)8-12-4-5-14(15)18-12/h4-5,9-11,13H,2-3,6-8,16H2,1H3. The summed E-state index contributed by atoms with van der Waals surface area (Å²) >= 11 is 5.35. The van der Waals surface area contributed by atoms with Crippen LogP contribution in [0.25, 0.3) is 0 Å². The second kappa shape index (κ2) is 5.23. The zero-order chi connectivity index (χ0) is 12.7. The monoisotopic (exact) mass is 328 g/mol. The van der Waals surface area contributed by atoms with Crippen molar-refractivity contribution in [3.63, 3.8) is 0 Å². The SMILES string of the molecule is CN1C2CCC1CC(C(N)Cc1ccc(Br)s1)C2. The minimum Gasteiger partial charge on any atom is -0.327 e. The number of hydrogen-bond acceptors (Lipinski definition) is 3. The van der Waals surface area contributed by atoms with E-state index in [0.717, 1.165) is 24.4 Å². The smallest absolute Gasteiger partial charge is 0.0701 e. The Bertz CT molecular complexity index is 406. The predicted molar refractivity (Wildman–Crippen MR) is 81.0 cm³/mol. The van der Waals surface area contributed by atoms with Crippen molar-refractivity contribution in [2.75, 3.05) is 7.05 Å². The lowest BCUT2D eigenvalue weighted by Gasteiger charge is -2.38. The quantitative estimate of drug-likeness (QED) is 0.922. The highest BCUT2D eigenvalue weighted by atomic mass is 79.9. The predicted octanol–water partition coefficient (Wildman–Crippen LogP) is 3.25. The fourth-order valence-electron chi connectivity index (χ4n) is 3.66. The highest BCUT2D eigenvalue weighted by Gasteiger charge is 2.40. The van der Waals surface area contributed by atoms with Crippen molar-refractivity contribution in [1.29, 1.82) is 0 Å². The first-order valence-corrected chi connectivity index (χ1v) is 8.46. The summed E-state index contributed by atoms with van der Waals surface area (Å²) in [7, 11) is 2.29. The van der Waals surface area contributed by atoms with E-state index in [1.807, 2.05) is 11.3 Å². The second-order valence-corrected chi connectivity index (χ2v) is 8.40. The van der Waals surface area contributed by atoms with Gasteiger partial charge in [-0.3, -0.25) is 0 Å². The summed E-state index contributed by atoms with van der Waals surface area (Å²) in [6, 6.07) is 6.28. The lowest BCUT2D eigenvalue weighted by molar-refractivity contribution is 0.121. The normalized spacial score (nSPS) is 33.8. The molecule has 4 heteroatoms. The van der Waals surface area contributed by atoms with E-state index in [9.17, 15) is 0 Å². The third-order valence-electron chi connectivity index (χ3n) is 4.81. The number of nitrogens with zero attached hydrogens (tertiary/aromatic N) is 1. The average Bonchev–Trinajstić information content (AvgIpc) is 2.80. The second-order valence-electron chi connectivity index (χ2n) is 5.86. The summed E-state index contributed by atoms with van der Waals surface area (Å²) in [5.41, 5.74) is 6.46. The molecule has 2 aliphatic rings. The van der Waals surface area contributed by atoms with Crippen LogP contribution in [0.1, 0.15) is 30.6 Å². The molecule has 0 radical (unpaired) electrons. The number of thiophene rings is 1. The van der Waals surface area contributed by atoms with E-state index in [4.69, 9.17) is 5.73 Å². The molecule has 0 aromatic carbocycles. The maximum Gasteiger partial charge on any atom is 0.0701 e. The van der Waals surface area contributed by atoms with Gasteiger partial charge in [0.2, 0.25) is 0 Å². The highest BCUT2D eigenvalue weighted by molar-refractivity contribution is 9.11. The van der Waals surface area contributed by atoms with Crippen LogP contribution >= 0.6 is 27.3 Å². The molecule has 2 saturated heterocycles. The molecule has 1 aromatic rings. The Morgan fingerprint density at radius 1 is 1.39 bits per heavy atom. The Morgan fingerprint density at radius 3 is 2.61 bits per heavy atom. The lowest BCUT2D eigenvalue weighted by atomic mass is 9.84. The summed E-state index contributed by atoms with van der Waals surface area (Å²) in [5, 5.41) is 0. The van der Waals surface area contributed by atoms with E-state index >= 15 is 0 Å². The Morgan fingerprint density at radius 2 is 2.06 bits per heavy atom. The summed E-state index contributed by atoms with van der Waals surface area (Å²) in [5.74, 6) is 0.722. The Balaban J connectivity index is 1.62. The molecule has 3 rings (SSSR count). The molecule has 100 valence electrons. The molecule has 2 bridgehead atoms. The summed E-state index contributed by atoms with van der Waals surface area (Å²) < 4.78 is 1.22. The lowest BCUT2D eigenvalue weighted by Crippen LogP contribution is -2.46. The molecule has 2 fully saturated rings. The molecular weight excluding hydrogens is 308 g/mol.